The van der Waals surface area contributed by atoms with Crippen LogP contribution in [0.3, 0.4) is 0 Å². The maximum atomic E-state index is 12.3. The predicted octanol–water partition coefficient (Wildman–Crippen LogP) is 4.79. The van der Waals surface area contributed by atoms with Crippen molar-refractivity contribution in [1.82, 2.24) is 9.78 Å². The molecule has 27 heavy (non-hydrogen) atoms. The fourth-order valence-electron chi connectivity index (χ4n) is 2.50. The molecule has 0 unspecified atom stereocenters. The Morgan fingerprint density at radius 3 is 2.37 bits per heavy atom. The molecule has 0 aliphatic heterocycles. The first kappa shape index (κ1) is 18.5. The van der Waals surface area contributed by atoms with E-state index in [0.717, 1.165) is 11.4 Å². The first-order chi connectivity index (χ1) is 12.9. The molecule has 140 valence electrons. The standard InChI is InChI=1S/C21H23N3O3/c1-21(2,3)18-14-19(22-20(25)27-16-10-6-5-7-11-16)24(23-18)15-9-8-12-17(13-15)26-4/h5-14H,1-4H3,(H,22,25). The number of anilines is 1. The molecule has 3 rings (SSSR count). The molecule has 1 aromatic heterocycles. The van der Waals surface area contributed by atoms with E-state index in [4.69, 9.17) is 9.47 Å². The van der Waals surface area contributed by atoms with Gasteiger partial charge in [-0.25, -0.2) is 9.48 Å². The summed E-state index contributed by atoms with van der Waals surface area (Å²) in [5.74, 6) is 1.70. The van der Waals surface area contributed by atoms with Crippen LogP contribution in [-0.2, 0) is 5.41 Å². The topological polar surface area (TPSA) is 65.4 Å². The maximum absolute atomic E-state index is 12.3. The first-order valence-corrected chi connectivity index (χ1v) is 8.65. The average Bonchev–Trinajstić information content (AvgIpc) is 3.06. The number of rotatable bonds is 4. The van der Waals surface area contributed by atoms with Crippen molar-refractivity contribution in [3.8, 4) is 17.2 Å². The van der Waals surface area contributed by atoms with Crippen LogP contribution in [0, 0.1) is 0 Å². The van der Waals surface area contributed by atoms with E-state index in [2.05, 4.69) is 31.2 Å². The molecule has 1 N–H and O–H groups in total. The fraction of sp³-hybridized carbons (Fsp3) is 0.238. The lowest BCUT2D eigenvalue weighted by molar-refractivity contribution is 0.215. The molecule has 0 saturated heterocycles. The monoisotopic (exact) mass is 365 g/mol. The molecule has 1 heterocycles. The van der Waals surface area contributed by atoms with E-state index in [1.807, 2.05) is 36.4 Å². The third-order valence-electron chi connectivity index (χ3n) is 3.96. The first-order valence-electron chi connectivity index (χ1n) is 8.65. The van der Waals surface area contributed by atoms with E-state index in [9.17, 15) is 4.79 Å². The van der Waals surface area contributed by atoms with Gasteiger partial charge in [0.2, 0.25) is 0 Å². The van der Waals surface area contributed by atoms with Crippen molar-refractivity contribution >= 4 is 11.9 Å². The van der Waals surface area contributed by atoms with Crippen LogP contribution in [-0.4, -0.2) is 23.0 Å². The Hall–Kier alpha value is -3.28. The zero-order chi connectivity index (χ0) is 19.4. The third-order valence-corrected chi connectivity index (χ3v) is 3.96. The lowest BCUT2D eigenvalue weighted by Gasteiger charge is -2.14. The Morgan fingerprint density at radius 2 is 1.70 bits per heavy atom. The lowest BCUT2D eigenvalue weighted by Crippen LogP contribution is -2.19. The number of nitrogens with one attached hydrogen (secondary N) is 1. The second kappa shape index (κ2) is 7.53. The van der Waals surface area contributed by atoms with E-state index in [1.165, 1.54) is 0 Å². The van der Waals surface area contributed by atoms with Gasteiger partial charge in [-0.2, -0.15) is 5.10 Å². The molecule has 6 heteroatoms. The summed E-state index contributed by atoms with van der Waals surface area (Å²) in [6, 6.07) is 18.3. The third kappa shape index (κ3) is 4.47. The number of carbonyl (C=O) groups is 1. The van der Waals surface area contributed by atoms with Gasteiger partial charge in [-0.05, 0) is 24.3 Å². The summed E-state index contributed by atoms with van der Waals surface area (Å²) >= 11 is 0. The van der Waals surface area contributed by atoms with Crippen molar-refractivity contribution in [2.24, 2.45) is 0 Å². The Bertz CT molecular complexity index is 927. The summed E-state index contributed by atoms with van der Waals surface area (Å²) in [7, 11) is 1.61. The molecule has 0 spiro atoms. The van der Waals surface area contributed by atoms with Gasteiger partial charge in [-0.1, -0.05) is 45.0 Å². The summed E-state index contributed by atoms with van der Waals surface area (Å²) in [4.78, 5) is 12.3. The number of hydrogen-bond donors (Lipinski definition) is 1. The molecule has 3 aromatic rings. The molecule has 0 atom stereocenters. The second-order valence-corrected chi connectivity index (χ2v) is 7.11. The highest BCUT2D eigenvalue weighted by atomic mass is 16.6. The van der Waals surface area contributed by atoms with Crippen molar-refractivity contribution in [3.63, 3.8) is 0 Å². The molecular weight excluding hydrogens is 342 g/mol. The minimum atomic E-state index is -0.578. The highest BCUT2D eigenvalue weighted by Gasteiger charge is 2.22. The van der Waals surface area contributed by atoms with Gasteiger partial charge in [-0.3, -0.25) is 5.32 Å². The Labute approximate surface area is 158 Å². The summed E-state index contributed by atoms with van der Waals surface area (Å²) in [5, 5.41) is 7.46. The van der Waals surface area contributed by atoms with Gasteiger partial charge in [0.15, 0.2) is 0 Å². The molecule has 0 bridgehead atoms. The smallest absolute Gasteiger partial charge is 0.418 e. The van der Waals surface area contributed by atoms with Gasteiger partial charge in [0.25, 0.3) is 0 Å². The van der Waals surface area contributed by atoms with Gasteiger partial charge in [-0.15, -0.1) is 0 Å². The summed E-state index contributed by atoms with van der Waals surface area (Å²) in [6.45, 7) is 6.20. The van der Waals surface area contributed by atoms with E-state index >= 15 is 0 Å². The maximum Gasteiger partial charge on any atom is 0.418 e. The van der Waals surface area contributed by atoms with E-state index in [1.54, 1.807) is 36.1 Å². The van der Waals surface area contributed by atoms with Crippen molar-refractivity contribution in [2.45, 2.75) is 26.2 Å². The van der Waals surface area contributed by atoms with Crippen molar-refractivity contribution in [1.29, 1.82) is 0 Å². The number of aromatic nitrogens is 2. The number of methoxy groups -OCH3 is 1. The molecule has 1 amide bonds. The zero-order valence-electron chi connectivity index (χ0n) is 15.9. The largest absolute Gasteiger partial charge is 0.497 e. The Kier molecular flexibility index (Phi) is 5.16. The molecule has 0 fully saturated rings. The van der Waals surface area contributed by atoms with Crippen LogP contribution >= 0.6 is 0 Å². The molecule has 0 radical (unpaired) electrons. The van der Waals surface area contributed by atoms with Gasteiger partial charge in [0.05, 0.1) is 18.5 Å². The minimum absolute atomic E-state index is 0.177. The summed E-state index contributed by atoms with van der Waals surface area (Å²) in [6.07, 6.45) is -0.578. The van der Waals surface area contributed by atoms with Crippen molar-refractivity contribution in [2.75, 3.05) is 12.4 Å². The Morgan fingerprint density at radius 1 is 1.00 bits per heavy atom. The van der Waals surface area contributed by atoms with Crippen LogP contribution in [0.15, 0.2) is 60.7 Å². The van der Waals surface area contributed by atoms with E-state index in [-0.39, 0.29) is 5.41 Å². The van der Waals surface area contributed by atoms with E-state index < -0.39 is 6.09 Å². The van der Waals surface area contributed by atoms with Crippen LogP contribution in [0.25, 0.3) is 5.69 Å². The number of amides is 1. The SMILES string of the molecule is COc1cccc(-n2nc(C(C)(C)C)cc2NC(=O)Oc2ccccc2)c1. The molecule has 0 saturated carbocycles. The van der Waals surface area contributed by atoms with Crippen molar-refractivity contribution in [3.05, 3.63) is 66.4 Å². The normalized spacial score (nSPS) is 11.1. The van der Waals surface area contributed by atoms with Gasteiger partial charge < -0.3 is 9.47 Å². The molecule has 0 aliphatic rings. The summed E-state index contributed by atoms with van der Waals surface area (Å²) in [5.41, 5.74) is 1.45. The van der Waals surface area contributed by atoms with Crippen molar-refractivity contribution < 1.29 is 14.3 Å². The highest BCUT2D eigenvalue weighted by molar-refractivity contribution is 5.85. The van der Waals surface area contributed by atoms with Gasteiger partial charge in [0.1, 0.15) is 17.3 Å². The number of benzene rings is 2. The Balaban J connectivity index is 1.93. The van der Waals surface area contributed by atoms with Crippen LogP contribution < -0.4 is 14.8 Å². The number of carbonyl (C=O) groups excluding carboxylic acids is 1. The minimum Gasteiger partial charge on any atom is -0.497 e. The quantitative estimate of drug-likeness (QED) is 0.722. The average molecular weight is 365 g/mol. The highest BCUT2D eigenvalue weighted by Crippen LogP contribution is 2.27. The molecule has 0 aliphatic carbocycles. The number of hydrogen-bond acceptors (Lipinski definition) is 4. The fourth-order valence-corrected chi connectivity index (χ4v) is 2.50. The van der Waals surface area contributed by atoms with Crippen LogP contribution in [0.1, 0.15) is 26.5 Å². The van der Waals surface area contributed by atoms with Crippen LogP contribution in [0.4, 0.5) is 10.6 Å². The van der Waals surface area contributed by atoms with Crippen LogP contribution in [0.2, 0.25) is 0 Å². The van der Waals surface area contributed by atoms with Crippen LogP contribution in [0.5, 0.6) is 11.5 Å². The van der Waals surface area contributed by atoms with Gasteiger partial charge >= 0.3 is 6.09 Å². The van der Waals surface area contributed by atoms with Gasteiger partial charge in [0, 0.05) is 17.5 Å². The predicted molar refractivity (Wildman–Crippen MR) is 105 cm³/mol. The number of para-hydroxylation sites is 1. The second-order valence-electron chi connectivity index (χ2n) is 7.11. The zero-order valence-corrected chi connectivity index (χ0v) is 15.9. The molecule has 2 aromatic carbocycles. The molecular formula is C21H23N3O3. The number of ether oxygens (including phenoxy) is 2. The summed E-state index contributed by atoms with van der Waals surface area (Å²) < 4.78 is 12.3. The van der Waals surface area contributed by atoms with E-state index in [0.29, 0.717) is 17.3 Å². The number of nitrogens with zero attached hydrogens (tertiary/aromatic N) is 2. The lowest BCUT2D eigenvalue weighted by atomic mass is 9.92. The molecule has 6 nitrogen and oxygen atoms in total.